The fourth-order valence-electron chi connectivity index (χ4n) is 4.41. The smallest absolute Gasteiger partial charge is 0.303 e. The number of ether oxygens (including phenoxy) is 1. The highest BCUT2D eigenvalue weighted by Gasteiger charge is 2.39. The molecule has 0 aromatic carbocycles. The standard InChI is InChI=1S/C17H30O2/c1-3-11-17(19-14(2)18)12-9-16(10-13-17)15-7-5-4-6-8-15/h15-16H,3-13H2,1-2H3. The molecule has 110 valence electrons. The van der Waals surface area contributed by atoms with Gasteiger partial charge in [-0.1, -0.05) is 45.4 Å². The van der Waals surface area contributed by atoms with Crippen LogP contribution in [0.4, 0.5) is 0 Å². The van der Waals surface area contributed by atoms with E-state index in [9.17, 15) is 4.79 Å². The van der Waals surface area contributed by atoms with Gasteiger partial charge in [0.2, 0.25) is 0 Å². The minimum atomic E-state index is -0.119. The van der Waals surface area contributed by atoms with Crippen LogP contribution in [-0.2, 0) is 9.53 Å². The third-order valence-corrected chi connectivity index (χ3v) is 5.32. The topological polar surface area (TPSA) is 26.3 Å². The zero-order valence-corrected chi connectivity index (χ0v) is 12.7. The summed E-state index contributed by atoms with van der Waals surface area (Å²) >= 11 is 0. The van der Waals surface area contributed by atoms with Gasteiger partial charge in [0.05, 0.1) is 0 Å². The lowest BCUT2D eigenvalue weighted by Gasteiger charge is -2.42. The molecule has 0 unspecified atom stereocenters. The average molecular weight is 266 g/mol. The molecule has 0 atom stereocenters. The van der Waals surface area contributed by atoms with Crippen LogP contribution >= 0.6 is 0 Å². The highest BCUT2D eigenvalue weighted by molar-refractivity contribution is 5.66. The molecule has 2 rings (SSSR count). The van der Waals surface area contributed by atoms with E-state index in [1.54, 1.807) is 6.92 Å². The van der Waals surface area contributed by atoms with E-state index >= 15 is 0 Å². The lowest BCUT2D eigenvalue weighted by Crippen LogP contribution is -2.40. The summed E-state index contributed by atoms with van der Waals surface area (Å²) in [6.45, 7) is 3.75. The van der Waals surface area contributed by atoms with E-state index in [0.717, 1.165) is 37.5 Å². The molecule has 0 radical (unpaired) electrons. The zero-order valence-electron chi connectivity index (χ0n) is 12.7. The summed E-state index contributed by atoms with van der Waals surface area (Å²) in [6.07, 6.45) is 14.1. The molecule has 0 aromatic heterocycles. The Morgan fingerprint density at radius 3 is 2.16 bits per heavy atom. The van der Waals surface area contributed by atoms with E-state index < -0.39 is 0 Å². The van der Waals surface area contributed by atoms with Crippen LogP contribution in [0, 0.1) is 11.8 Å². The maximum absolute atomic E-state index is 11.4. The summed E-state index contributed by atoms with van der Waals surface area (Å²) in [5, 5.41) is 0. The van der Waals surface area contributed by atoms with Gasteiger partial charge in [0, 0.05) is 6.92 Å². The Labute approximate surface area is 118 Å². The van der Waals surface area contributed by atoms with Crippen molar-refractivity contribution in [1.82, 2.24) is 0 Å². The van der Waals surface area contributed by atoms with Crippen molar-refractivity contribution in [2.75, 3.05) is 0 Å². The Balaban J connectivity index is 1.89. The second kappa shape index (κ2) is 6.76. The summed E-state index contributed by atoms with van der Waals surface area (Å²) in [7, 11) is 0. The molecule has 2 aliphatic rings. The molecular formula is C17H30O2. The fraction of sp³-hybridized carbons (Fsp3) is 0.941. The zero-order chi connectivity index (χ0) is 13.7. The molecule has 0 aliphatic heterocycles. The van der Waals surface area contributed by atoms with Crippen molar-refractivity contribution in [2.24, 2.45) is 11.8 Å². The molecule has 0 N–H and O–H groups in total. The van der Waals surface area contributed by atoms with Crippen LogP contribution in [0.2, 0.25) is 0 Å². The number of carbonyl (C=O) groups excluding carboxylic acids is 1. The van der Waals surface area contributed by atoms with Crippen LogP contribution in [0.25, 0.3) is 0 Å². The molecule has 2 saturated carbocycles. The van der Waals surface area contributed by atoms with Gasteiger partial charge < -0.3 is 4.74 Å². The Morgan fingerprint density at radius 2 is 1.63 bits per heavy atom. The van der Waals surface area contributed by atoms with Gasteiger partial charge in [-0.15, -0.1) is 0 Å². The van der Waals surface area contributed by atoms with Crippen LogP contribution in [0.15, 0.2) is 0 Å². The average Bonchev–Trinajstić information content (AvgIpc) is 2.40. The number of hydrogen-bond acceptors (Lipinski definition) is 2. The van der Waals surface area contributed by atoms with Crippen LogP contribution in [0.1, 0.15) is 84.5 Å². The van der Waals surface area contributed by atoms with Crippen molar-refractivity contribution in [1.29, 1.82) is 0 Å². The summed E-state index contributed by atoms with van der Waals surface area (Å²) in [4.78, 5) is 11.4. The van der Waals surface area contributed by atoms with E-state index in [4.69, 9.17) is 4.74 Å². The van der Waals surface area contributed by atoms with E-state index in [1.165, 1.54) is 44.9 Å². The summed E-state index contributed by atoms with van der Waals surface area (Å²) in [6, 6.07) is 0. The molecule has 0 saturated heterocycles. The first-order valence-electron chi connectivity index (χ1n) is 8.35. The summed E-state index contributed by atoms with van der Waals surface area (Å²) in [5.41, 5.74) is -0.119. The van der Waals surface area contributed by atoms with Gasteiger partial charge in [-0.2, -0.15) is 0 Å². The first kappa shape index (κ1) is 14.9. The monoisotopic (exact) mass is 266 g/mol. The van der Waals surface area contributed by atoms with E-state index in [0.29, 0.717) is 0 Å². The summed E-state index contributed by atoms with van der Waals surface area (Å²) < 4.78 is 5.72. The van der Waals surface area contributed by atoms with Crippen molar-refractivity contribution in [3.8, 4) is 0 Å². The molecule has 2 aliphatic carbocycles. The molecule has 2 fully saturated rings. The first-order chi connectivity index (χ1) is 9.15. The Morgan fingerprint density at radius 1 is 1.05 bits per heavy atom. The number of rotatable bonds is 4. The molecule has 0 spiro atoms. The highest BCUT2D eigenvalue weighted by atomic mass is 16.6. The van der Waals surface area contributed by atoms with Gasteiger partial charge in [-0.05, 0) is 43.9 Å². The predicted molar refractivity (Wildman–Crippen MR) is 77.9 cm³/mol. The first-order valence-corrected chi connectivity index (χ1v) is 8.35. The fourth-order valence-corrected chi connectivity index (χ4v) is 4.41. The van der Waals surface area contributed by atoms with Crippen LogP contribution in [0.5, 0.6) is 0 Å². The second-order valence-electron chi connectivity index (χ2n) is 6.76. The van der Waals surface area contributed by atoms with Crippen molar-refractivity contribution in [3.63, 3.8) is 0 Å². The largest absolute Gasteiger partial charge is 0.459 e. The van der Waals surface area contributed by atoms with Gasteiger partial charge in [0.25, 0.3) is 0 Å². The number of esters is 1. The molecule has 19 heavy (non-hydrogen) atoms. The van der Waals surface area contributed by atoms with Gasteiger partial charge in [0.15, 0.2) is 0 Å². The minimum absolute atomic E-state index is 0.0930. The van der Waals surface area contributed by atoms with Crippen molar-refractivity contribution >= 4 is 5.97 Å². The lowest BCUT2D eigenvalue weighted by molar-refractivity contribution is -0.163. The van der Waals surface area contributed by atoms with Crippen LogP contribution in [0.3, 0.4) is 0 Å². The highest BCUT2D eigenvalue weighted by Crippen LogP contribution is 2.44. The molecule has 2 nitrogen and oxygen atoms in total. The molecule has 2 heteroatoms. The molecule has 0 heterocycles. The number of hydrogen-bond donors (Lipinski definition) is 0. The second-order valence-corrected chi connectivity index (χ2v) is 6.76. The van der Waals surface area contributed by atoms with E-state index in [-0.39, 0.29) is 11.6 Å². The third-order valence-electron chi connectivity index (χ3n) is 5.32. The van der Waals surface area contributed by atoms with Gasteiger partial charge in [-0.3, -0.25) is 4.79 Å². The van der Waals surface area contributed by atoms with Gasteiger partial charge in [0.1, 0.15) is 5.60 Å². The van der Waals surface area contributed by atoms with E-state index in [1.807, 2.05) is 0 Å². The molecular weight excluding hydrogens is 236 g/mol. The van der Waals surface area contributed by atoms with Gasteiger partial charge in [-0.25, -0.2) is 0 Å². The van der Waals surface area contributed by atoms with E-state index in [2.05, 4.69) is 6.92 Å². The van der Waals surface area contributed by atoms with Crippen molar-refractivity contribution in [3.05, 3.63) is 0 Å². The maximum atomic E-state index is 11.4. The van der Waals surface area contributed by atoms with Crippen molar-refractivity contribution in [2.45, 2.75) is 90.1 Å². The Hall–Kier alpha value is -0.530. The normalized spacial score (nSPS) is 33.1. The quantitative estimate of drug-likeness (QED) is 0.679. The lowest BCUT2D eigenvalue weighted by atomic mass is 9.68. The SMILES string of the molecule is CCCC1(OC(C)=O)CCC(C2CCCCC2)CC1. The molecule has 0 aromatic rings. The summed E-state index contributed by atoms with van der Waals surface area (Å²) in [5.74, 6) is 1.77. The van der Waals surface area contributed by atoms with Gasteiger partial charge >= 0.3 is 5.97 Å². The number of carbonyl (C=O) groups is 1. The van der Waals surface area contributed by atoms with Crippen molar-refractivity contribution < 1.29 is 9.53 Å². The molecule has 0 amide bonds. The Kier molecular flexibility index (Phi) is 5.29. The maximum Gasteiger partial charge on any atom is 0.303 e. The van der Waals surface area contributed by atoms with Crippen LogP contribution in [-0.4, -0.2) is 11.6 Å². The predicted octanol–water partition coefficient (Wildman–Crippen LogP) is 4.86. The Bertz CT molecular complexity index is 284. The minimum Gasteiger partial charge on any atom is -0.459 e. The third kappa shape index (κ3) is 3.97. The molecule has 0 bridgehead atoms. The van der Waals surface area contributed by atoms with Crippen LogP contribution < -0.4 is 0 Å².